The van der Waals surface area contributed by atoms with Gasteiger partial charge in [-0.2, -0.15) is 0 Å². The normalized spacial score (nSPS) is 10.2. The fraction of sp³-hybridized carbons (Fsp3) is 0.235. The van der Waals surface area contributed by atoms with Crippen LogP contribution in [0.15, 0.2) is 54.6 Å². The van der Waals surface area contributed by atoms with Gasteiger partial charge in [-0.3, -0.25) is 4.79 Å². The van der Waals surface area contributed by atoms with Gasteiger partial charge in [0.2, 0.25) is 5.91 Å². The summed E-state index contributed by atoms with van der Waals surface area (Å²) in [6, 6.07) is 17.8. The van der Waals surface area contributed by atoms with Crippen LogP contribution in [0.25, 0.3) is 0 Å². The summed E-state index contributed by atoms with van der Waals surface area (Å²) in [5.74, 6) is -0.391. The number of unbranched alkanes of at least 4 members (excludes halogenated alkanes) is 1. The molecule has 3 N–H and O–H groups in total. The predicted molar refractivity (Wildman–Crippen MR) is 82.8 cm³/mol. The topological polar surface area (TPSA) is 55.1 Å². The zero-order chi connectivity index (χ0) is 14.2. The predicted octanol–water partition coefficient (Wildman–Crippen LogP) is 3.22. The van der Waals surface area contributed by atoms with Crippen LogP contribution < -0.4 is 11.1 Å². The number of carbonyl (C=O) groups excluding carboxylic acids is 1. The summed E-state index contributed by atoms with van der Waals surface area (Å²) in [5.41, 5.74) is 8.12. The van der Waals surface area contributed by atoms with Gasteiger partial charge in [0.05, 0.1) is 0 Å². The lowest BCUT2D eigenvalue weighted by atomic mass is 10.1. The number of rotatable bonds is 7. The molecule has 0 aliphatic heterocycles. The molecule has 3 heteroatoms. The second-order valence-corrected chi connectivity index (χ2v) is 4.81. The third kappa shape index (κ3) is 4.43. The average Bonchev–Trinajstić information content (AvgIpc) is 2.48. The first-order chi connectivity index (χ1) is 9.75. The second-order valence-electron chi connectivity index (χ2n) is 4.81. The molecule has 0 aliphatic carbocycles. The minimum Gasteiger partial charge on any atom is -0.385 e. The van der Waals surface area contributed by atoms with Crippen molar-refractivity contribution < 1.29 is 4.79 Å². The lowest BCUT2D eigenvalue weighted by Gasteiger charge is -2.07. The zero-order valence-electron chi connectivity index (χ0n) is 11.5. The van der Waals surface area contributed by atoms with Crippen LogP contribution in [0.4, 0.5) is 5.69 Å². The molecule has 0 heterocycles. The van der Waals surface area contributed by atoms with Gasteiger partial charge in [0, 0.05) is 17.8 Å². The Bertz CT molecular complexity index is 552. The quantitative estimate of drug-likeness (QED) is 0.757. The van der Waals surface area contributed by atoms with Crippen LogP contribution in [0.5, 0.6) is 0 Å². The van der Waals surface area contributed by atoms with E-state index in [1.807, 2.05) is 18.2 Å². The molecule has 0 fully saturated rings. The van der Waals surface area contributed by atoms with Crippen molar-refractivity contribution >= 4 is 11.6 Å². The van der Waals surface area contributed by atoms with Crippen LogP contribution in [0.3, 0.4) is 0 Å². The highest BCUT2D eigenvalue weighted by Crippen LogP contribution is 2.11. The number of aryl methyl sites for hydroxylation is 1. The van der Waals surface area contributed by atoms with Crippen LogP contribution in [0, 0.1) is 0 Å². The van der Waals surface area contributed by atoms with Gasteiger partial charge in [0.1, 0.15) is 0 Å². The first-order valence-corrected chi connectivity index (χ1v) is 6.93. The molecule has 3 nitrogen and oxygen atoms in total. The number of amides is 1. The first kappa shape index (κ1) is 14.1. The van der Waals surface area contributed by atoms with Gasteiger partial charge in [-0.15, -0.1) is 0 Å². The van der Waals surface area contributed by atoms with Crippen LogP contribution in [0.2, 0.25) is 0 Å². The molecule has 2 rings (SSSR count). The van der Waals surface area contributed by atoms with E-state index in [4.69, 9.17) is 5.73 Å². The van der Waals surface area contributed by atoms with E-state index < -0.39 is 5.91 Å². The van der Waals surface area contributed by atoms with Gasteiger partial charge >= 0.3 is 0 Å². The Morgan fingerprint density at radius 3 is 2.55 bits per heavy atom. The van der Waals surface area contributed by atoms with Gasteiger partial charge in [-0.05, 0) is 43.0 Å². The van der Waals surface area contributed by atoms with Crippen molar-refractivity contribution in [1.82, 2.24) is 0 Å². The van der Waals surface area contributed by atoms with Gasteiger partial charge < -0.3 is 11.1 Å². The van der Waals surface area contributed by atoms with E-state index in [9.17, 15) is 4.79 Å². The summed E-state index contributed by atoms with van der Waals surface area (Å²) in [7, 11) is 0. The highest BCUT2D eigenvalue weighted by atomic mass is 16.1. The molecule has 0 saturated heterocycles. The van der Waals surface area contributed by atoms with Gasteiger partial charge in [-0.1, -0.05) is 36.4 Å². The van der Waals surface area contributed by atoms with Crippen LogP contribution in [0.1, 0.15) is 28.8 Å². The minimum atomic E-state index is -0.391. The van der Waals surface area contributed by atoms with Crippen molar-refractivity contribution in [2.24, 2.45) is 5.73 Å². The Kier molecular flexibility index (Phi) is 5.18. The lowest BCUT2D eigenvalue weighted by Crippen LogP contribution is -2.11. The molecule has 0 saturated carbocycles. The van der Waals surface area contributed by atoms with Crippen molar-refractivity contribution in [2.45, 2.75) is 19.3 Å². The second kappa shape index (κ2) is 7.34. The average molecular weight is 268 g/mol. The fourth-order valence-corrected chi connectivity index (χ4v) is 2.11. The molecule has 2 aromatic carbocycles. The van der Waals surface area contributed by atoms with Crippen molar-refractivity contribution in [2.75, 3.05) is 11.9 Å². The summed E-state index contributed by atoms with van der Waals surface area (Å²) >= 11 is 0. The summed E-state index contributed by atoms with van der Waals surface area (Å²) in [4.78, 5) is 11.1. The molecule has 0 spiro atoms. The number of anilines is 1. The molecule has 0 atom stereocenters. The first-order valence-electron chi connectivity index (χ1n) is 6.93. The maximum Gasteiger partial charge on any atom is 0.248 e. The number of hydrogen-bond acceptors (Lipinski definition) is 2. The van der Waals surface area contributed by atoms with Crippen molar-refractivity contribution in [3.8, 4) is 0 Å². The molecule has 1 amide bonds. The third-order valence-electron chi connectivity index (χ3n) is 3.21. The Hall–Kier alpha value is -2.29. The number of nitrogens with one attached hydrogen (secondary N) is 1. The smallest absolute Gasteiger partial charge is 0.248 e. The van der Waals surface area contributed by atoms with Crippen molar-refractivity contribution in [3.63, 3.8) is 0 Å². The molecule has 0 unspecified atom stereocenters. The molecule has 0 aromatic heterocycles. The molecule has 0 radical (unpaired) electrons. The van der Waals surface area contributed by atoms with Gasteiger partial charge in [-0.25, -0.2) is 0 Å². The van der Waals surface area contributed by atoms with E-state index in [-0.39, 0.29) is 0 Å². The molecule has 20 heavy (non-hydrogen) atoms. The molecule has 2 aromatic rings. The SMILES string of the molecule is NC(=O)c1cccc(NCCCCc2ccccc2)c1. The lowest BCUT2D eigenvalue weighted by molar-refractivity contribution is 0.100. The van der Waals surface area contributed by atoms with E-state index in [1.165, 1.54) is 5.56 Å². The Morgan fingerprint density at radius 2 is 1.80 bits per heavy atom. The Morgan fingerprint density at radius 1 is 1.00 bits per heavy atom. The van der Waals surface area contributed by atoms with E-state index in [0.29, 0.717) is 5.56 Å². The Balaban J connectivity index is 1.71. The summed E-state index contributed by atoms with van der Waals surface area (Å²) in [5, 5.41) is 3.32. The number of carbonyl (C=O) groups is 1. The monoisotopic (exact) mass is 268 g/mol. The van der Waals surface area contributed by atoms with E-state index in [0.717, 1.165) is 31.5 Å². The molecular weight excluding hydrogens is 248 g/mol. The van der Waals surface area contributed by atoms with E-state index >= 15 is 0 Å². The van der Waals surface area contributed by atoms with Crippen molar-refractivity contribution in [1.29, 1.82) is 0 Å². The van der Waals surface area contributed by atoms with Crippen molar-refractivity contribution in [3.05, 3.63) is 65.7 Å². The summed E-state index contributed by atoms with van der Waals surface area (Å²) in [6.45, 7) is 0.898. The van der Waals surface area contributed by atoms with Gasteiger partial charge in [0.25, 0.3) is 0 Å². The maximum atomic E-state index is 11.1. The largest absolute Gasteiger partial charge is 0.385 e. The Labute approximate surface area is 119 Å². The highest BCUT2D eigenvalue weighted by molar-refractivity contribution is 5.93. The number of primary amides is 1. The van der Waals surface area contributed by atoms with Crippen LogP contribution in [-0.2, 0) is 6.42 Å². The summed E-state index contributed by atoms with van der Waals surface area (Å²) < 4.78 is 0. The minimum absolute atomic E-state index is 0.391. The number of nitrogens with two attached hydrogens (primary N) is 1. The fourth-order valence-electron chi connectivity index (χ4n) is 2.11. The van der Waals surface area contributed by atoms with E-state index in [2.05, 4.69) is 29.6 Å². The molecular formula is C17H20N2O. The zero-order valence-corrected chi connectivity index (χ0v) is 11.5. The standard InChI is InChI=1S/C17H20N2O/c18-17(20)15-10-6-11-16(13-15)19-12-5-4-9-14-7-2-1-3-8-14/h1-3,6-8,10-11,13,19H,4-5,9,12H2,(H2,18,20). The van der Waals surface area contributed by atoms with Crippen LogP contribution >= 0.6 is 0 Å². The molecule has 0 aliphatic rings. The third-order valence-corrected chi connectivity index (χ3v) is 3.21. The van der Waals surface area contributed by atoms with Crippen LogP contribution in [-0.4, -0.2) is 12.5 Å². The van der Waals surface area contributed by atoms with E-state index in [1.54, 1.807) is 12.1 Å². The summed E-state index contributed by atoms with van der Waals surface area (Å²) in [6.07, 6.45) is 3.34. The number of benzene rings is 2. The number of hydrogen-bond donors (Lipinski definition) is 2. The molecule has 0 bridgehead atoms. The molecule has 104 valence electrons. The maximum absolute atomic E-state index is 11.1. The highest BCUT2D eigenvalue weighted by Gasteiger charge is 2.00. The van der Waals surface area contributed by atoms with Gasteiger partial charge in [0.15, 0.2) is 0 Å².